The highest BCUT2D eigenvalue weighted by atomic mass is 32.2. The van der Waals surface area contributed by atoms with E-state index in [0.717, 1.165) is 17.7 Å². The fourth-order valence-corrected chi connectivity index (χ4v) is 2.61. The minimum absolute atomic E-state index is 0.615. The van der Waals surface area contributed by atoms with E-state index in [0.29, 0.717) is 17.2 Å². The summed E-state index contributed by atoms with van der Waals surface area (Å²) in [5.74, 6) is 1.29. The van der Waals surface area contributed by atoms with Gasteiger partial charge in [0.05, 0.1) is 22.8 Å². The predicted octanol–water partition coefficient (Wildman–Crippen LogP) is 2.19. The molecule has 3 nitrogen and oxygen atoms in total. The van der Waals surface area contributed by atoms with E-state index in [2.05, 4.69) is 6.92 Å². The lowest BCUT2D eigenvalue weighted by atomic mass is 10.3. The van der Waals surface area contributed by atoms with Crippen LogP contribution in [0.1, 0.15) is 19.8 Å². The smallest absolute Gasteiger partial charge is 0.137 e. The van der Waals surface area contributed by atoms with E-state index in [1.165, 1.54) is 0 Å². The number of benzene rings is 1. The fraction of sp³-hybridized carbons (Fsp3) is 0.455. The summed E-state index contributed by atoms with van der Waals surface area (Å²) in [6.45, 7) is 2.08. The van der Waals surface area contributed by atoms with Gasteiger partial charge in [0.25, 0.3) is 0 Å². The second-order valence-electron chi connectivity index (χ2n) is 3.31. The molecule has 0 aromatic heterocycles. The molecule has 1 aromatic carbocycles. The number of hydrogen-bond acceptors (Lipinski definition) is 3. The highest BCUT2D eigenvalue weighted by Gasteiger charge is 2.10. The van der Waals surface area contributed by atoms with Gasteiger partial charge in [0.1, 0.15) is 5.75 Å². The molecule has 0 aliphatic rings. The van der Waals surface area contributed by atoms with Gasteiger partial charge in [-0.25, -0.2) is 0 Å². The predicted molar refractivity (Wildman–Crippen MR) is 63.6 cm³/mol. The molecule has 0 saturated heterocycles. The average Bonchev–Trinajstić information content (AvgIpc) is 2.25. The molecule has 0 spiro atoms. The van der Waals surface area contributed by atoms with Gasteiger partial charge in [-0.2, -0.15) is 0 Å². The highest BCUT2D eigenvalue weighted by molar-refractivity contribution is 7.85. The Kier molecular flexibility index (Phi) is 4.62. The summed E-state index contributed by atoms with van der Waals surface area (Å²) in [6.07, 6.45) is 2.00. The van der Waals surface area contributed by atoms with Gasteiger partial charge >= 0.3 is 0 Å². The van der Waals surface area contributed by atoms with Gasteiger partial charge in [-0.3, -0.25) is 4.21 Å². The Morgan fingerprint density at radius 1 is 1.47 bits per heavy atom. The summed E-state index contributed by atoms with van der Waals surface area (Å²) < 4.78 is 17.0. The van der Waals surface area contributed by atoms with Crippen molar-refractivity contribution < 1.29 is 8.95 Å². The minimum atomic E-state index is -0.984. The van der Waals surface area contributed by atoms with Gasteiger partial charge in [-0.1, -0.05) is 13.3 Å². The third-order valence-corrected chi connectivity index (χ3v) is 3.60. The lowest BCUT2D eigenvalue weighted by molar-refractivity contribution is 0.404. The number of nitrogens with two attached hydrogens (primary N) is 1. The lowest BCUT2D eigenvalue weighted by Crippen LogP contribution is -2.01. The SMILES string of the molecule is CCCCS(=O)c1ccc(N)cc1OC. The second-order valence-corrected chi connectivity index (χ2v) is 4.85. The van der Waals surface area contributed by atoms with Crippen molar-refractivity contribution in [1.82, 2.24) is 0 Å². The molecule has 0 aliphatic heterocycles. The number of ether oxygens (including phenoxy) is 1. The first-order valence-electron chi connectivity index (χ1n) is 5.01. The van der Waals surface area contributed by atoms with E-state index in [1.807, 2.05) is 0 Å². The monoisotopic (exact) mass is 227 g/mol. The fourth-order valence-electron chi connectivity index (χ4n) is 1.26. The molecular weight excluding hydrogens is 210 g/mol. The lowest BCUT2D eigenvalue weighted by Gasteiger charge is -2.08. The Balaban J connectivity index is 2.87. The van der Waals surface area contributed by atoms with Gasteiger partial charge in [-0.05, 0) is 18.6 Å². The third kappa shape index (κ3) is 3.23. The van der Waals surface area contributed by atoms with Crippen LogP contribution in [0.3, 0.4) is 0 Å². The van der Waals surface area contributed by atoms with Crippen molar-refractivity contribution in [1.29, 1.82) is 0 Å². The zero-order valence-corrected chi connectivity index (χ0v) is 9.97. The van der Waals surface area contributed by atoms with Crippen molar-refractivity contribution in [3.05, 3.63) is 18.2 Å². The molecule has 0 bridgehead atoms. The Labute approximate surface area is 93.1 Å². The Morgan fingerprint density at radius 2 is 2.20 bits per heavy atom. The van der Waals surface area contributed by atoms with Gasteiger partial charge < -0.3 is 10.5 Å². The Hall–Kier alpha value is -1.03. The zero-order chi connectivity index (χ0) is 11.3. The van der Waals surface area contributed by atoms with Gasteiger partial charge in [0, 0.05) is 17.5 Å². The van der Waals surface area contributed by atoms with E-state index in [1.54, 1.807) is 25.3 Å². The number of nitrogen functional groups attached to an aromatic ring is 1. The quantitative estimate of drug-likeness (QED) is 0.784. The normalized spacial score (nSPS) is 12.4. The first-order valence-corrected chi connectivity index (χ1v) is 6.32. The number of rotatable bonds is 5. The van der Waals surface area contributed by atoms with E-state index >= 15 is 0 Å². The molecule has 1 atom stereocenters. The molecule has 0 aliphatic carbocycles. The van der Waals surface area contributed by atoms with Crippen molar-refractivity contribution in [3.8, 4) is 5.75 Å². The molecule has 1 rings (SSSR count). The molecule has 0 fully saturated rings. The summed E-state index contributed by atoms with van der Waals surface area (Å²) in [6, 6.07) is 5.24. The van der Waals surface area contributed by atoms with E-state index in [9.17, 15) is 4.21 Å². The summed E-state index contributed by atoms with van der Waals surface area (Å²) in [4.78, 5) is 0.736. The van der Waals surface area contributed by atoms with Crippen LogP contribution in [0.4, 0.5) is 5.69 Å². The maximum absolute atomic E-state index is 11.9. The number of methoxy groups -OCH3 is 1. The summed E-state index contributed by atoms with van der Waals surface area (Å²) in [7, 11) is 0.581. The summed E-state index contributed by atoms with van der Waals surface area (Å²) in [5.41, 5.74) is 6.25. The molecule has 15 heavy (non-hydrogen) atoms. The van der Waals surface area contributed by atoms with Crippen molar-refractivity contribution in [2.75, 3.05) is 18.6 Å². The van der Waals surface area contributed by atoms with Gasteiger partial charge in [0.15, 0.2) is 0 Å². The zero-order valence-electron chi connectivity index (χ0n) is 9.16. The molecule has 84 valence electrons. The molecular formula is C11H17NO2S. The number of hydrogen-bond donors (Lipinski definition) is 1. The molecule has 0 saturated carbocycles. The topological polar surface area (TPSA) is 52.3 Å². The average molecular weight is 227 g/mol. The molecule has 1 aromatic rings. The first kappa shape index (κ1) is 12.0. The second kappa shape index (κ2) is 5.75. The van der Waals surface area contributed by atoms with E-state index < -0.39 is 10.8 Å². The first-order chi connectivity index (χ1) is 7.19. The standard InChI is InChI=1S/C11H17NO2S/c1-3-4-7-15(13)11-6-5-9(12)8-10(11)14-2/h5-6,8H,3-4,7,12H2,1-2H3. The van der Waals surface area contributed by atoms with E-state index in [4.69, 9.17) is 10.5 Å². The Bertz CT molecular complexity index is 352. The van der Waals surface area contributed by atoms with Crippen molar-refractivity contribution >= 4 is 16.5 Å². The third-order valence-electron chi connectivity index (χ3n) is 2.12. The van der Waals surface area contributed by atoms with Crippen molar-refractivity contribution in [2.45, 2.75) is 24.7 Å². The van der Waals surface area contributed by atoms with E-state index in [-0.39, 0.29) is 0 Å². The largest absolute Gasteiger partial charge is 0.495 e. The molecule has 2 N–H and O–H groups in total. The van der Waals surface area contributed by atoms with Crippen LogP contribution in [0.15, 0.2) is 23.1 Å². The van der Waals surface area contributed by atoms with Crippen molar-refractivity contribution in [3.63, 3.8) is 0 Å². The van der Waals surface area contributed by atoms with Crippen molar-refractivity contribution in [2.24, 2.45) is 0 Å². The van der Waals surface area contributed by atoms with Crippen LogP contribution < -0.4 is 10.5 Å². The van der Waals surface area contributed by atoms with Gasteiger partial charge in [0.2, 0.25) is 0 Å². The molecule has 0 heterocycles. The van der Waals surface area contributed by atoms with Crippen LogP contribution in [-0.4, -0.2) is 17.1 Å². The molecule has 0 radical (unpaired) electrons. The van der Waals surface area contributed by atoms with Gasteiger partial charge in [-0.15, -0.1) is 0 Å². The van der Waals surface area contributed by atoms with Crippen LogP contribution in [-0.2, 0) is 10.8 Å². The number of anilines is 1. The maximum Gasteiger partial charge on any atom is 0.137 e. The summed E-state index contributed by atoms with van der Waals surface area (Å²) >= 11 is 0. The number of unbranched alkanes of at least 4 members (excludes halogenated alkanes) is 1. The molecule has 0 amide bonds. The maximum atomic E-state index is 11.9. The van der Waals surface area contributed by atoms with Crippen LogP contribution in [0, 0.1) is 0 Å². The Morgan fingerprint density at radius 3 is 2.80 bits per heavy atom. The molecule has 1 unspecified atom stereocenters. The highest BCUT2D eigenvalue weighted by Crippen LogP contribution is 2.25. The van der Waals surface area contributed by atoms with Crippen LogP contribution >= 0.6 is 0 Å². The van der Waals surface area contributed by atoms with Crippen LogP contribution in [0.25, 0.3) is 0 Å². The molecule has 4 heteroatoms. The minimum Gasteiger partial charge on any atom is -0.495 e. The van der Waals surface area contributed by atoms with Crippen LogP contribution in [0.2, 0.25) is 0 Å². The summed E-state index contributed by atoms with van der Waals surface area (Å²) in [5, 5.41) is 0. The van der Waals surface area contributed by atoms with Crippen LogP contribution in [0.5, 0.6) is 5.75 Å².